The molecule has 0 amide bonds. The first-order valence-corrected chi connectivity index (χ1v) is 6.94. The lowest BCUT2D eigenvalue weighted by Gasteiger charge is -2.24. The van der Waals surface area contributed by atoms with Gasteiger partial charge in [0.25, 0.3) is 0 Å². The van der Waals surface area contributed by atoms with Crippen molar-refractivity contribution in [2.45, 2.75) is 38.8 Å². The number of rotatable bonds is 2. The van der Waals surface area contributed by atoms with E-state index in [9.17, 15) is 0 Å². The van der Waals surface area contributed by atoms with Crippen molar-refractivity contribution >= 4 is 22.6 Å². The second kappa shape index (κ2) is 4.25. The van der Waals surface area contributed by atoms with Gasteiger partial charge in [0, 0.05) is 6.54 Å². The average molecular weight is 264 g/mol. The van der Waals surface area contributed by atoms with Crippen LogP contribution in [0.15, 0.2) is 18.2 Å². The van der Waals surface area contributed by atoms with Crippen LogP contribution in [-0.2, 0) is 12.1 Å². The van der Waals surface area contributed by atoms with Crippen molar-refractivity contribution in [3.63, 3.8) is 0 Å². The van der Waals surface area contributed by atoms with Gasteiger partial charge in [-0.05, 0) is 45.4 Å². The molecule has 0 bridgehead atoms. The summed E-state index contributed by atoms with van der Waals surface area (Å²) < 4.78 is 2.25. The number of hydrogen-bond donors (Lipinski definition) is 1. The first kappa shape index (κ1) is 12.0. The summed E-state index contributed by atoms with van der Waals surface area (Å²) in [5.74, 6) is 1.12. The van der Waals surface area contributed by atoms with Crippen LogP contribution in [0.1, 0.15) is 32.5 Å². The summed E-state index contributed by atoms with van der Waals surface area (Å²) in [6, 6.07) is 5.94. The van der Waals surface area contributed by atoms with Gasteiger partial charge in [0.1, 0.15) is 5.82 Å². The molecular weight excluding hydrogens is 246 g/mol. The van der Waals surface area contributed by atoms with Gasteiger partial charge in [-0.15, -0.1) is 0 Å². The summed E-state index contributed by atoms with van der Waals surface area (Å²) in [7, 11) is 0. The Balaban J connectivity index is 2.26. The summed E-state index contributed by atoms with van der Waals surface area (Å²) in [4.78, 5) is 4.81. The van der Waals surface area contributed by atoms with Gasteiger partial charge in [-0.1, -0.05) is 17.7 Å². The van der Waals surface area contributed by atoms with Gasteiger partial charge in [-0.25, -0.2) is 4.98 Å². The summed E-state index contributed by atoms with van der Waals surface area (Å²) >= 11 is 6.33. The molecule has 0 saturated carbocycles. The number of aromatic nitrogens is 2. The summed E-state index contributed by atoms with van der Waals surface area (Å²) in [6.45, 7) is 6.34. The standard InChI is InChI=1S/C14H18ClN3/c1-3-18-12-10(15)6-4-7-11(12)17-13(18)14(2)8-5-9-16-14/h4,6-7,16H,3,5,8-9H2,1-2H3. The third-order valence-electron chi connectivity index (χ3n) is 3.90. The number of benzene rings is 1. The highest BCUT2D eigenvalue weighted by molar-refractivity contribution is 6.35. The van der Waals surface area contributed by atoms with Crippen LogP contribution < -0.4 is 5.32 Å². The Bertz CT molecular complexity index is 582. The molecule has 0 spiro atoms. The van der Waals surface area contributed by atoms with E-state index in [-0.39, 0.29) is 5.54 Å². The Morgan fingerprint density at radius 2 is 2.33 bits per heavy atom. The molecule has 3 rings (SSSR count). The lowest BCUT2D eigenvalue weighted by molar-refractivity contribution is 0.391. The van der Waals surface area contributed by atoms with Crippen LogP contribution in [0.3, 0.4) is 0 Å². The Morgan fingerprint density at radius 3 is 3.00 bits per heavy atom. The largest absolute Gasteiger partial charge is 0.325 e. The van der Waals surface area contributed by atoms with Gasteiger partial charge >= 0.3 is 0 Å². The molecule has 0 radical (unpaired) electrons. The first-order valence-electron chi connectivity index (χ1n) is 6.56. The molecule has 1 N–H and O–H groups in total. The monoisotopic (exact) mass is 263 g/mol. The fourth-order valence-electron chi connectivity index (χ4n) is 2.96. The maximum Gasteiger partial charge on any atom is 0.130 e. The molecule has 4 heteroatoms. The predicted octanol–water partition coefficient (Wildman–Crippen LogP) is 3.31. The van der Waals surface area contributed by atoms with Crippen molar-refractivity contribution in [3.05, 3.63) is 29.0 Å². The summed E-state index contributed by atoms with van der Waals surface area (Å²) in [5.41, 5.74) is 2.04. The molecule has 1 aliphatic rings. The van der Waals surface area contributed by atoms with Crippen molar-refractivity contribution in [3.8, 4) is 0 Å². The van der Waals surface area contributed by atoms with Gasteiger partial charge in [0.2, 0.25) is 0 Å². The van der Waals surface area contributed by atoms with Gasteiger partial charge in [-0.3, -0.25) is 0 Å². The third-order valence-corrected chi connectivity index (χ3v) is 4.20. The molecule has 1 aromatic heterocycles. The number of nitrogens with one attached hydrogen (secondary N) is 1. The molecule has 1 unspecified atom stereocenters. The van der Waals surface area contributed by atoms with E-state index < -0.39 is 0 Å². The topological polar surface area (TPSA) is 29.9 Å². The van der Waals surface area contributed by atoms with E-state index in [1.807, 2.05) is 18.2 Å². The number of imidazole rings is 1. The Kier molecular flexibility index (Phi) is 2.83. The highest BCUT2D eigenvalue weighted by atomic mass is 35.5. The lowest BCUT2D eigenvalue weighted by Crippen LogP contribution is -2.36. The van der Waals surface area contributed by atoms with Crippen LogP contribution in [0, 0.1) is 0 Å². The molecule has 2 heterocycles. The van der Waals surface area contributed by atoms with Crippen LogP contribution in [0.2, 0.25) is 5.02 Å². The van der Waals surface area contributed by atoms with Crippen molar-refractivity contribution in [2.24, 2.45) is 0 Å². The third kappa shape index (κ3) is 1.65. The minimum Gasteiger partial charge on any atom is -0.325 e. The van der Waals surface area contributed by atoms with E-state index in [0.29, 0.717) is 0 Å². The minimum atomic E-state index is -0.0155. The van der Waals surface area contributed by atoms with Crippen molar-refractivity contribution in [1.29, 1.82) is 0 Å². The van der Waals surface area contributed by atoms with Gasteiger partial charge in [0.15, 0.2) is 0 Å². The number of aryl methyl sites for hydroxylation is 1. The van der Waals surface area contributed by atoms with E-state index >= 15 is 0 Å². The molecule has 18 heavy (non-hydrogen) atoms. The van der Waals surface area contributed by atoms with E-state index in [1.165, 1.54) is 6.42 Å². The fourth-order valence-corrected chi connectivity index (χ4v) is 3.23. The first-order chi connectivity index (χ1) is 8.65. The zero-order valence-corrected chi connectivity index (χ0v) is 11.6. The van der Waals surface area contributed by atoms with Crippen LogP contribution >= 0.6 is 11.6 Å². The fraction of sp³-hybridized carbons (Fsp3) is 0.500. The molecular formula is C14H18ClN3. The number of hydrogen-bond acceptors (Lipinski definition) is 2. The molecule has 1 atom stereocenters. The van der Waals surface area contributed by atoms with E-state index in [1.54, 1.807) is 0 Å². The second-order valence-corrected chi connectivity index (χ2v) is 5.56. The smallest absolute Gasteiger partial charge is 0.130 e. The molecule has 3 nitrogen and oxygen atoms in total. The van der Waals surface area contributed by atoms with Gasteiger partial charge in [-0.2, -0.15) is 0 Å². The van der Waals surface area contributed by atoms with Gasteiger partial charge in [0.05, 0.1) is 21.6 Å². The normalized spacial score (nSPS) is 23.9. The average Bonchev–Trinajstić information content (AvgIpc) is 2.94. The molecule has 1 aromatic carbocycles. The van der Waals surface area contributed by atoms with Gasteiger partial charge < -0.3 is 9.88 Å². The molecule has 96 valence electrons. The van der Waals surface area contributed by atoms with Crippen molar-refractivity contribution < 1.29 is 0 Å². The highest BCUT2D eigenvalue weighted by Crippen LogP contribution is 2.34. The minimum absolute atomic E-state index is 0.0155. The zero-order valence-electron chi connectivity index (χ0n) is 10.8. The van der Waals surface area contributed by atoms with Crippen LogP contribution in [0.4, 0.5) is 0 Å². The maximum absolute atomic E-state index is 6.33. The summed E-state index contributed by atoms with van der Waals surface area (Å²) in [6.07, 6.45) is 2.34. The Hall–Kier alpha value is -1.06. The highest BCUT2D eigenvalue weighted by Gasteiger charge is 2.35. The molecule has 1 aliphatic heterocycles. The van der Waals surface area contributed by atoms with Crippen LogP contribution in [0.5, 0.6) is 0 Å². The van der Waals surface area contributed by atoms with Crippen LogP contribution in [-0.4, -0.2) is 16.1 Å². The van der Waals surface area contributed by atoms with E-state index in [2.05, 4.69) is 23.7 Å². The Labute approximate surface area is 112 Å². The van der Waals surface area contributed by atoms with E-state index in [0.717, 1.165) is 41.4 Å². The summed E-state index contributed by atoms with van der Waals surface area (Å²) in [5, 5.41) is 4.36. The molecule has 1 saturated heterocycles. The molecule has 1 fully saturated rings. The van der Waals surface area contributed by atoms with Crippen molar-refractivity contribution in [2.75, 3.05) is 6.54 Å². The maximum atomic E-state index is 6.33. The number of halogens is 1. The van der Waals surface area contributed by atoms with E-state index in [4.69, 9.17) is 16.6 Å². The molecule has 0 aliphatic carbocycles. The SMILES string of the molecule is CCn1c(C2(C)CCCN2)nc2cccc(Cl)c21. The molecule has 2 aromatic rings. The second-order valence-electron chi connectivity index (χ2n) is 5.15. The lowest BCUT2D eigenvalue weighted by atomic mass is 9.99. The quantitative estimate of drug-likeness (QED) is 0.901. The van der Waals surface area contributed by atoms with Crippen molar-refractivity contribution in [1.82, 2.24) is 14.9 Å². The number of fused-ring (bicyclic) bond motifs is 1. The van der Waals surface area contributed by atoms with Crippen LogP contribution in [0.25, 0.3) is 11.0 Å². The predicted molar refractivity (Wildman–Crippen MR) is 75.0 cm³/mol. The number of nitrogens with zero attached hydrogens (tertiary/aromatic N) is 2. The Morgan fingerprint density at radius 1 is 1.50 bits per heavy atom. The number of para-hydroxylation sites is 1. The zero-order chi connectivity index (χ0) is 12.8.